The highest BCUT2D eigenvalue weighted by atomic mass is 79.9. The third-order valence-electron chi connectivity index (χ3n) is 2.86. The zero-order chi connectivity index (χ0) is 15.6. The maximum absolute atomic E-state index is 13.2. The summed E-state index contributed by atoms with van der Waals surface area (Å²) in [4.78, 5) is 12.3. The molecule has 0 fully saturated rings. The van der Waals surface area contributed by atoms with Crippen LogP contribution in [0.5, 0.6) is 0 Å². The zero-order valence-electron chi connectivity index (χ0n) is 11.1. The number of carbonyl (C=O) groups is 1. The first-order valence-corrected chi connectivity index (χ1v) is 7.25. The first-order chi connectivity index (χ1) is 9.88. The molecule has 0 aliphatic rings. The van der Waals surface area contributed by atoms with Crippen molar-refractivity contribution in [3.8, 4) is 0 Å². The van der Waals surface area contributed by atoms with E-state index in [1.807, 2.05) is 19.1 Å². The van der Waals surface area contributed by atoms with E-state index in [2.05, 4.69) is 21.2 Å². The van der Waals surface area contributed by atoms with Gasteiger partial charge in [0, 0.05) is 10.0 Å². The van der Waals surface area contributed by atoms with E-state index in [0.29, 0.717) is 21.3 Å². The van der Waals surface area contributed by atoms with Gasteiger partial charge in [0.15, 0.2) is 0 Å². The third-order valence-corrected chi connectivity index (χ3v) is 3.74. The van der Waals surface area contributed by atoms with Gasteiger partial charge in [-0.15, -0.1) is 0 Å². The molecule has 108 valence electrons. The number of anilines is 1. The van der Waals surface area contributed by atoms with E-state index in [1.54, 1.807) is 6.07 Å². The van der Waals surface area contributed by atoms with Crippen molar-refractivity contribution in [1.29, 1.82) is 0 Å². The Bertz CT molecular complexity index is 734. The van der Waals surface area contributed by atoms with Crippen molar-refractivity contribution in [1.82, 2.24) is 0 Å². The SMILES string of the molecule is Cc1ccc(C(=O)Nc2ccc(F)cc2C(N)=S)c(Br)c1. The molecular formula is C15H12BrFN2OS. The molecule has 6 heteroatoms. The lowest BCUT2D eigenvalue weighted by molar-refractivity contribution is 0.102. The molecule has 0 aromatic heterocycles. The monoisotopic (exact) mass is 366 g/mol. The van der Waals surface area contributed by atoms with Gasteiger partial charge in [-0.05, 0) is 58.7 Å². The molecule has 0 bridgehead atoms. The Morgan fingerprint density at radius 1 is 1.24 bits per heavy atom. The summed E-state index contributed by atoms with van der Waals surface area (Å²) in [6.45, 7) is 1.93. The number of nitrogens with one attached hydrogen (secondary N) is 1. The second-order valence-corrected chi connectivity index (χ2v) is 5.79. The highest BCUT2D eigenvalue weighted by molar-refractivity contribution is 9.10. The van der Waals surface area contributed by atoms with E-state index in [4.69, 9.17) is 18.0 Å². The molecule has 2 aromatic carbocycles. The molecule has 3 N–H and O–H groups in total. The average Bonchev–Trinajstić information content (AvgIpc) is 2.40. The predicted octanol–water partition coefficient (Wildman–Crippen LogP) is 3.78. The van der Waals surface area contributed by atoms with Crippen LogP contribution < -0.4 is 11.1 Å². The van der Waals surface area contributed by atoms with E-state index in [-0.39, 0.29) is 10.9 Å². The van der Waals surface area contributed by atoms with Crippen molar-refractivity contribution < 1.29 is 9.18 Å². The maximum atomic E-state index is 13.2. The Balaban J connectivity index is 2.34. The second kappa shape index (κ2) is 6.32. The number of benzene rings is 2. The van der Waals surface area contributed by atoms with Crippen LogP contribution in [0.1, 0.15) is 21.5 Å². The van der Waals surface area contributed by atoms with Gasteiger partial charge in [0.1, 0.15) is 10.8 Å². The van der Waals surface area contributed by atoms with Gasteiger partial charge in [-0.3, -0.25) is 4.79 Å². The lowest BCUT2D eigenvalue weighted by atomic mass is 10.1. The minimum Gasteiger partial charge on any atom is -0.389 e. The summed E-state index contributed by atoms with van der Waals surface area (Å²) in [5.74, 6) is -0.793. The molecule has 2 aromatic rings. The standard InChI is InChI=1S/C15H12BrFN2OS/c1-8-2-4-10(12(16)6-8)15(20)19-13-5-3-9(17)7-11(13)14(18)21/h2-7H,1H3,(H2,18,21)(H,19,20). The van der Waals surface area contributed by atoms with Crippen molar-refractivity contribution in [2.45, 2.75) is 6.92 Å². The summed E-state index contributed by atoms with van der Waals surface area (Å²) >= 11 is 8.22. The Hall–Kier alpha value is -1.79. The first kappa shape index (κ1) is 15.6. The molecule has 2 rings (SSSR count). The second-order valence-electron chi connectivity index (χ2n) is 4.49. The van der Waals surface area contributed by atoms with Crippen molar-refractivity contribution in [3.63, 3.8) is 0 Å². The van der Waals surface area contributed by atoms with Gasteiger partial charge in [-0.25, -0.2) is 4.39 Å². The number of halogens is 2. The van der Waals surface area contributed by atoms with Crippen LogP contribution in [-0.4, -0.2) is 10.9 Å². The number of aryl methyl sites for hydroxylation is 1. The minimum absolute atomic E-state index is 0.0211. The normalized spacial score (nSPS) is 10.2. The topological polar surface area (TPSA) is 55.1 Å². The largest absolute Gasteiger partial charge is 0.389 e. The number of rotatable bonds is 3. The van der Waals surface area contributed by atoms with Gasteiger partial charge in [0.2, 0.25) is 0 Å². The van der Waals surface area contributed by atoms with Crippen LogP contribution in [0.25, 0.3) is 0 Å². The van der Waals surface area contributed by atoms with Crippen LogP contribution in [0, 0.1) is 12.7 Å². The molecule has 0 saturated carbocycles. The number of carbonyl (C=O) groups excluding carboxylic acids is 1. The quantitative estimate of drug-likeness (QED) is 0.812. The predicted molar refractivity (Wildman–Crippen MR) is 89.1 cm³/mol. The van der Waals surface area contributed by atoms with E-state index < -0.39 is 5.82 Å². The minimum atomic E-state index is -0.465. The number of nitrogens with two attached hydrogens (primary N) is 1. The summed E-state index contributed by atoms with van der Waals surface area (Å²) in [5, 5.41) is 2.69. The Kier molecular flexibility index (Phi) is 4.69. The van der Waals surface area contributed by atoms with Crippen LogP contribution in [0.15, 0.2) is 40.9 Å². The molecule has 0 saturated heterocycles. The van der Waals surface area contributed by atoms with Gasteiger partial charge in [-0.2, -0.15) is 0 Å². The fourth-order valence-corrected chi connectivity index (χ4v) is 2.67. The zero-order valence-corrected chi connectivity index (χ0v) is 13.5. The van der Waals surface area contributed by atoms with Gasteiger partial charge in [0.05, 0.1) is 11.3 Å². The average molecular weight is 367 g/mol. The molecule has 0 unspecified atom stereocenters. The van der Waals surface area contributed by atoms with Crippen LogP contribution in [0.4, 0.5) is 10.1 Å². The number of hydrogen-bond acceptors (Lipinski definition) is 2. The van der Waals surface area contributed by atoms with E-state index in [1.165, 1.54) is 18.2 Å². The molecule has 1 amide bonds. The van der Waals surface area contributed by atoms with Crippen LogP contribution in [0.3, 0.4) is 0 Å². The van der Waals surface area contributed by atoms with Gasteiger partial charge >= 0.3 is 0 Å². The molecule has 0 radical (unpaired) electrons. The van der Waals surface area contributed by atoms with Crippen molar-refractivity contribution in [2.24, 2.45) is 5.73 Å². The van der Waals surface area contributed by atoms with Gasteiger partial charge < -0.3 is 11.1 Å². The molecule has 3 nitrogen and oxygen atoms in total. The lowest BCUT2D eigenvalue weighted by Crippen LogP contribution is -2.18. The summed E-state index contributed by atoms with van der Waals surface area (Å²) in [7, 11) is 0. The third kappa shape index (κ3) is 3.65. The van der Waals surface area contributed by atoms with E-state index in [9.17, 15) is 9.18 Å². The van der Waals surface area contributed by atoms with Crippen molar-refractivity contribution in [2.75, 3.05) is 5.32 Å². The molecule has 0 atom stereocenters. The van der Waals surface area contributed by atoms with Crippen LogP contribution in [-0.2, 0) is 0 Å². The molecule has 21 heavy (non-hydrogen) atoms. The summed E-state index contributed by atoms with van der Waals surface area (Å²) < 4.78 is 13.9. The van der Waals surface area contributed by atoms with Gasteiger partial charge in [-0.1, -0.05) is 18.3 Å². The highest BCUT2D eigenvalue weighted by Gasteiger charge is 2.14. The molecule has 0 aliphatic carbocycles. The van der Waals surface area contributed by atoms with E-state index >= 15 is 0 Å². The van der Waals surface area contributed by atoms with Crippen molar-refractivity contribution >= 4 is 44.7 Å². The Morgan fingerprint density at radius 2 is 1.95 bits per heavy atom. The summed E-state index contributed by atoms with van der Waals surface area (Å²) in [6.07, 6.45) is 0. The summed E-state index contributed by atoms with van der Waals surface area (Å²) in [6, 6.07) is 9.25. The number of hydrogen-bond donors (Lipinski definition) is 2. The molecule has 0 heterocycles. The Labute approximate surface area is 135 Å². The van der Waals surface area contributed by atoms with E-state index in [0.717, 1.165) is 5.56 Å². The molecule has 0 aliphatic heterocycles. The summed E-state index contributed by atoms with van der Waals surface area (Å²) in [5.41, 5.74) is 7.72. The fraction of sp³-hybridized carbons (Fsp3) is 0.0667. The Morgan fingerprint density at radius 3 is 2.57 bits per heavy atom. The van der Waals surface area contributed by atoms with Crippen LogP contribution in [0.2, 0.25) is 0 Å². The first-order valence-electron chi connectivity index (χ1n) is 6.05. The molecular weight excluding hydrogens is 355 g/mol. The van der Waals surface area contributed by atoms with Gasteiger partial charge in [0.25, 0.3) is 5.91 Å². The smallest absolute Gasteiger partial charge is 0.256 e. The lowest BCUT2D eigenvalue weighted by Gasteiger charge is -2.11. The fourth-order valence-electron chi connectivity index (χ4n) is 1.82. The highest BCUT2D eigenvalue weighted by Crippen LogP contribution is 2.22. The molecule has 0 spiro atoms. The number of thiocarbonyl (C=S) groups is 1. The van der Waals surface area contributed by atoms with Crippen LogP contribution >= 0.6 is 28.1 Å². The maximum Gasteiger partial charge on any atom is 0.256 e. The van der Waals surface area contributed by atoms with Crippen molar-refractivity contribution in [3.05, 3.63) is 63.4 Å². The number of amides is 1.